The Hall–Kier alpha value is -6.43. The number of aromatic nitrogens is 4. The molecule has 0 spiro atoms. The molecule has 1 atom stereocenters. The molecule has 3 heterocycles. The van der Waals surface area contributed by atoms with Crippen LogP contribution in [0.3, 0.4) is 0 Å². The maximum absolute atomic E-state index is 5.16. The largest absolute Gasteiger partial charge is 0.310 e. The molecule has 0 saturated heterocycles. The van der Waals surface area contributed by atoms with Crippen molar-refractivity contribution in [1.82, 2.24) is 19.5 Å². The molecule has 0 fully saturated rings. The number of thiophene rings is 1. The summed E-state index contributed by atoms with van der Waals surface area (Å²) in [5.41, 5.74) is 5.57. The highest BCUT2D eigenvalue weighted by molar-refractivity contribution is 7.25. The molecule has 1 aliphatic rings. The van der Waals surface area contributed by atoms with Crippen LogP contribution in [-0.2, 0) is 0 Å². The van der Waals surface area contributed by atoms with E-state index in [1.165, 1.54) is 63.5 Å². The Morgan fingerprint density at radius 1 is 0.519 bits per heavy atom. The summed E-state index contributed by atoms with van der Waals surface area (Å²) < 4.78 is 4.96. The lowest BCUT2D eigenvalue weighted by Crippen LogP contribution is -2.09. The molecule has 1 unspecified atom stereocenters. The van der Waals surface area contributed by atoms with Crippen molar-refractivity contribution >= 4 is 80.6 Å². The zero-order valence-electron chi connectivity index (χ0n) is 28.1. The lowest BCUT2D eigenvalue weighted by atomic mass is 9.98. The average Bonchev–Trinajstić information content (AvgIpc) is 3.77. The number of nitrogens with zero attached hydrogens (tertiary/aromatic N) is 4. The number of fused-ring (bicyclic) bond motifs is 10. The molecule has 0 amide bonds. The van der Waals surface area contributed by atoms with Gasteiger partial charge in [-0.3, -0.25) is 0 Å². The van der Waals surface area contributed by atoms with Gasteiger partial charge in [0.1, 0.15) is 5.82 Å². The molecular weight excluding hydrogens is 653 g/mol. The number of benzene rings is 7. The number of hydrogen-bond acceptors (Lipinski definition) is 4. The molecule has 0 saturated carbocycles. The first-order chi connectivity index (χ1) is 25.8. The van der Waals surface area contributed by atoms with Crippen LogP contribution in [0, 0.1) is 0 Å². The Labute approximate surface area is 303 Å². The van der Waals surface area contributed by atoms with Gasteiger partial charge in [-0.1, -0.05) is 133 Å². The van der Waals surface area contributed by atoms with Gasteiger partial charge < -0.3 is 4.57 Å². The molecule has 0 aliphatic heterocycles. The first-order valence-corrected chi connectivity index (χ1v) is 18.5. The van der Waals surface area contributed by atoms with E-state index < -0.39 is 0 Å². The Morgan fingerprint density at radius 3 is 1.83 bits per heavy atom. The molecule has 0 radical (unpaired) electrons. The van der Waals surface area contributed by atoms with Crippen LogP contribution in [0.4, 0.5) is 0 Å². The molecule has 11 rings (SSSR count). The van der Waals surface area contributed by atoms with Crippen molar-refractivity contribution in [3.05, 3.63) is 170 Å². The summed E-state index contributed by atoms with van der Waals surface area (Å²) in [6, 6.07) is 52.0. The van der Waals surface area contributed by atoms with E-state index in [1.807, 2.05) is 29.5 Å². The van der Waals surface area contributed by atoms with Gasteiger partial charge in [0.15, 0.2) is 11.6 Å². The summed E-state index contributed by atoms with van der Waals surface area (Å²) in [6.07, 6.45) is 7.66. The number of allylic oxidation sites excluding steroid dienone is 4. The van der Waals surface area contributed by atoms with Gasteiger partial charge in [0.25, 0.3) is 0 Å². The van der Waals surface area contributed by atoms with Crippen LogP contribution in [0.1, 0.15) is 18.2 Å². The summed E-state index contributed by atoms with van der Waals surface area (Å²) in [5, 5.41) is 10.2. The van der Waals surface area contributed by atoms with Crippen LogP contribution in [-0.4, -0.2) is 19.5 Å². The molecule has 244 valence electrons. The molecule has 7 aromatic carbocycles. The van der Waals surface area contributed by atoms with E-state index in [0.29, 0.717) is 11.6 Å². The molecule has 5 heteroatoms. The predicted octanol–water partition coefficient (Wildman–Crippen LogP) is 12.6. The summed E-state index contributed by atoms with van der Waals surface area (Å²) in [4.78, 5) is 15.3. The fraction of sp³-hybridized carbons (Fsp3) is 0.0426. The minimum absolute atomic E-state index is 0.00997. The topological polar surface area (TPSA) is 43.6 Å². The van der Waals surface area contributed by atoms with Crippen LogP contribution in [0.2, 0.25) is 0 Å². The van der Waals surface area contributed by atoms with Crippen molar-refractivity contribution in [1.29, 1.82) is 0 Å². The van der Waals surface area contributed by atoms with Crippen molar-refractivity contribution in [3.63, 3.8) is 0 Å². The van der Waals surface area contributed by atoms with Crippen LogP contribution >= 0.6 is 11.3 Å². The van der Waals surface area contributed by atoms with E-state index >= 15 is 0 Å². The predicted molar refractivity (Wildman–Crippen MR) is 219 cm³/mol. The SMILES string of the molecule is C1=CC(c2nc(-c3ccccc3)nc(-c3ccc4c(c3)sc3ccccc34)n2)CC=C1n1c2ccc3ccccc3c2c2c3ccccc3ccc21. The third-order valence-electron chi connectivity index (χ3n) is 10.5. The summed E-state index contributed by atoms with van der Waals surface area (Å²) in [6.45, 7) is 0. The van der Waals surface area contributed by atoms with Gasteiger partial charge in [0, 0.05) is 53.7 Å². The number of rotatable bonds is 4. The Balaban J connectivity index is 1.04. The quantitative estimate of drug-likeness (QED) is 0.186. The van der Waals surface area contributed by atoms with E-state index in [2.05, 4.69) is 150 Å². The van der Waals surface area contributed by atoms with Gasteiger partial charge in [-0.05, 0) is 58.3 Å². The van der Waals surface area contributed by atoms with Crippen molar-refractivity contribution in [3.8, 4) is 22.8 Å². The molecule has 0 N–H and O–H groups in total. The van der Waals surface area contributed by atoms with E-state index in [1.54, 1.807) is 0 Å². The van der Waals surface area contributed by atoms with Gasteiger partial charge in [0.05, 0.1) is 11.0 Å². The summed E-state index contributed by atoms with van der Waals surface area (Å²) in [7, 11) is 0. The van der Waals surface area contributed by atoms with Crippen LogP contribution in [0.25, 0.3) is 92.0 Å². The van der Waals surface area contributed by atoms with E-state index in [9.17, 15) is 0 Å². The second-order valence-corrected chi connectivity index (χ2v) is 14.6. The molecule has 4 nitrogen and oxygen atoms in total. The van der Waals surface area contributed by atoms with Gasteiger partial charge in [-0.15, -0.1) is 11.3 Å². The Morgan fingerprint density at radius 2 is 1.13 bits per heavy atom. The van der Waals surface area contributed by atoms with Crippen molar-refractivity contribution < 1.29 is 0 Å². The highest BCUT2D eigenvalue weighted by Crippen LogP contribution is 2.42. The van der Waals surface area contributed by atoms with E-state index in [4.69, 9.17) is 15.0 Å². The van der Waals surface area contributed by atoms with Crippen LogP contribution in [0.5, 0.6) is 0 Å². The van der Waals surface area contributed by atoms with Crippen LogP contribution in [0.15, 0.2) is 164 Å². The fourth-order valence-electron chi connectivity index (χ4n) is 8.06. The van der Waals surface area contributed by atoms with Crippen LogP contribution < -0.4 is 0 Å². The fourth-order valence-corrected chi connectivity index (χ4v) is 9.21. The molecule has 52 heavy (non-hydrogen) atoms. The Bertz CT molecular complexity index is 3020. The first-order valence-electron chi connectivity index (χ1n) is 17.7. The highest BCUT2D eigenvalue weighted by Gasteiger charge is 2.22. The minimum atomic E-state index is 0.00997. The summed E-state index contributed by atoms with van der Waals surface area (Å²) >= 11 is 1.81. The second kappa shape index (κ2) is 11.6. The van der Waals surface area contributed by atoms with Gasteiger partial charge in [-0.2, -0.15) is 0 Å². The standard InChI is InChI=1S/C47H30N4S/c1-2-12-31(13-3-1)45-48-46(50-47(49-45)33-20-25-38-37-16-8-9-17-41(37)52-42(38)28-33)32-18-23-34(24-19-32)51-39-26-21-29-10-4-6-14-35(29)43(39)44-36-15-7-5-11-30(36)22-27-40(44)51/h1-18,20-28,32H,19H2. The average molecular weight is 683 g/mol. The zero-order valence-corrected chi connectivity index (χ0v) is 28.9. The zero-order chi connectivity index (χ0) is 34.2. The molecule has 0 bridgehead atoms. The minimum Gasteiger partial charge on any atom is -0.310 e. The van der Waals surface area contributed by atoms with Gasteiger partial charge >= 0.3 is 0 Å². The van der Waals surface area contributed by atoms with E-state index in [0.717, 1.165) is 29.1 Å². The Kier molecular flexibility index (Phi) is 6.51. The second-order valence-electron chi connectivity index (χ2n) is 13.5. The third kappa shape index (κ3) is 4.56. The maximum Gasteiger partial charge on any atom is 0.163 e. The molecule has 10 aromatic rings. The lowest BCUT2D eigenvalue weighted by molar-refractivity contribution is 0.763. The highest BCUT2D eigenvalue weighted by atomic mass is 32.1. The molecule has 1 aliphatic carbocycles. The monoisotopic (exact) mass is 682 g/mol. The summed E-state index contributed by atoms with van der Waals surface area (Å²) in [5.74, 6) is 2.19. The smallest absolute Gasteiger partial charge is 0.163 e. The van der Waals surface area contributed by atoms with E-state index in [-0.39, 0.29) is 5.92 Å². The molecule has 3 aromatic heterocycles. The number of hydrogen-bond donors (Lipinski definition) is 0. The van der Waals surface area contributed by atoms with Crippen molar-refractivity contribution in [2.75, 3.05) is 0 Å². The normalized spacial score (nSPS) is 14.7. The molecular formula is C47H30N4S. The van der Waals surface area contributed by atoms with Crippen molar-refractivity contribution in [2.24, 2.45) is 0 Å². The lowest BCUT2D eigenvalue weighted by Gasteiger charge is -2.18. The van der Waals surface area contributed by atoms with Gasteiger partial charge in [-0.25, -0.2) is 15.0 Å². The van der Waals surface area contributed by atoms with Crippen molar-refractivity contribution in [2.45, 2.75) is 12.3 Å². The third-order valence-corrected chi connectivity index (χ3v) is 11.7. The first kappa shape index (κ1) is 29.3. The maximum atomic E-state index is 5.16. The van der Waals surface area contributed by atoms with Gasteiger partial charge in [0.2, 0.25) is 0 Å².